The molecule has 0 bridgehead atoms. The molecule has 1 rings (SSSR count). The zero-order valence-electron chi connectivity index (χ0n) is 12.0. The first-order chi connectivity index (χ1) is 9.24. The molecule has 0 heterocycles. The second kappa shape index (κ2) is 10.0. The summed E-state index contributed by atoms with van der Waals surface area (Å²) in [4.78, 5) is 11.9. The molecular formula is C17H25ClO. The van der Waals surface area contributed by atoms with Gasteiger partial charge in [0.2, 0.25) is 0 Å². The summed E-state index contributed by atoms with van der Waals surface area (Å²) in [5.74, 6) is 0.239. The maximum Gasteiger partial charge on any atom is 0.162 e. The van der Waals surface area contributed by atoms with Crippen molar-refractivity contribution in [2.75, 3.05) is 0 Å². The summed E-state index contributed by atoms with van der Waals surface area (Å²) in [6.45, 7) is 2.24. The summed E-state index contributed by atoms with van der Waals surface area (Å²) in [5.41, 5.74) is 0.785. The van der Waals surface area contributed by atoms with Crippen LogP contribution in [0, 0.1) is 0 Å². The normalized spacial score (nSPS) is 10.6. The highest BCUT2D eigenvalue weighted by Gasteiger charge is 2.04. The molecule has 106 valence electrons. The number of hydrogen-bond donors (Lipinski definition) is 0. The summed E-state index contributed by atoms with van der Waals surface area (Å²) in [7, 11) is 0. The van der Waals surface area contributed by atoms with Gasteiger partial charge in [-0.05, 0) is 30.7 Å². The van der Waals surface area contributed by atoms with E-state index in [0.717, 1.165) is 12.0 Å². The van der Waals surface area contributed by atoms with Crippen LogP contribution in [0.5, 0.6) is 0 Å². The minimum Gasteiger partial charge on any atom is -0.294 e. The summed E-state index contributed by atoms with van der Waals surface area (Å²) in [6.07, 6.45) is 10.8. The fourth-order valence-electron chi connectivity index (χ4n) is 2.20. The summed E-state index contributed by atoms with van der Waals surface area (Å²) in [6, 6.07) is 7.19. The maximum atomic E-state index is 11.9. The number of benzene rings is 1. The molecule has 0 spiro atoms. The molecule has 0 unspecified atom stereocenters. The SMILES string of the molecule is CCCCCCCCCCC(=O)c1ccc(Cl)cc1. The van der Waals surface area contributed by atoms with Crippen molar-refractivity contribution < 1.29 is 4.79 Å². The lowest BCUT2D eigenvalue weighted by atomic mass is 10.0. The third-order valence-electron chi connectivity index (χ3n) is 3.42. The number of hydrogen-bond acceptors (Lipinski definition) is 1. The zero-order chi connectivity index (χ0) is 13.9. The second-order valence-corrected chi connectivity index (χ2v) is 5.59. The van der Waals surface area contributed by atoms with Gasteiger partial charge in [-0.2, -0.15) is 0 Å². The Balaban J connectivity index is 2.06. The fourth-order valence-corrected chi connectivity index (χ4v) is 2.33. The monoisotopic (exact) mass is 280 g/mol. The van der Waals surface area contributed by atoms with Crippen molar-refractivity contribution in [2.45, 2.75) is 64.7 Å². The predicted octanol–water partition coefficient (Wildman–Crippen LogP) is 6.05. The van der Waals surface area contributed by atoms with E-state index in [4.69, 9.17) is 11.6 Å². The molecule has 0 aliphatic carbocycles. The molecule has 19 heavy (non-hydrogen) atoms. The van der Waals surface area contributed by atoms with Crippen LogP contribution in [0.25, 0.3) is 0 Å². The van der Waals surface area contributed by atoms with Crippen molar-refractivity contribution in [3.8, 4) is 0 Å². The van der Waals surface area contributed by atoms with Crippen molar-refractivity contribution in [3.05, 3.63) is 34.9 Å². The largest absolute Gasteiger partial charge is 0.294 e. The van der Waals surface area contributed by atoms with Crippen LogP contribution in [-0.4, -0.2) is 5.78 Å². The van der Waals surface area contributed by atoms with E-state index in [1.807, 2.05) is 12.1 Å². The number of rotatable bonds is 10. The molecule has 0 aliphatic heterocycles. The molecule has 0 saturated heterocycles. The lowest BCUT2D eigenvalue weighted by Crippen LogP contribution is -1.98. The van der Waals surface area contributed by atoms with Crippen molar-refractivity contribution >= 4 is 17.4 Å². The van der Waals surface area contributed by atoms with E-state index in [-0.39, 0.29) is 5.78 Å². The molecule has 0 radical (unpaired) electrons. The van der Waals surface area contributed by atoms with Gasteiger partial charge in [-0.3, -0.25) is 4.79 Å². The summed E-state index contributed by atoms with van der Waals surface area (Å²) >= 11 is 5.80. The Bertz CT molecular complexity index is 356. The average molecular weight is 281 g/mol. The Hall–Kier alpha value is -0.820. The molecule has 0 aliphatic rings. The zero-order valence-corrected chi connectivity index (χ0v) is 12.7. The molecule has 1 aromatic carbocycles. The van der Waals surface area contributed by atoms with Gasteiger partial charge in [0.15, 0.2) is 5.78 Å². The van der Waals surface area contributed by atoms with E-state index < -0.39 is 0 Å². The first-order valence-corrected chi connectivity index (χ1v) is 7.90. The van der Waals surface area contributed by atoms with Crippen LogP contribution >= 0.6 is 11.6 Å². The van der Waals surface area contributed by atoms with Crippen LogP contribution < -0.4 is 0 Å². The van der Waals surface area contributed by atoms with E-state index in [0.29, 0.717) is 11.4 Å². The summed E-state index contributed by atoms with van der Waals surface area (Å²) in [5, 5.41) is 0.684. The molecule has 0 aromatic heterocycles. The Labute approximate surface area is 122 Å². The Morgan fingerprint density at radius 2 is 1.42 bits per heavy atom. The highest BCUT2D eigenvalue weighted by molar-refractivity contribution is 6.30. The summed E-state index contributed by atoms with van der Waals surface area (Å²) < 4.78 is 0. The molecule has 0 atom stereocenters. The van der Waals surface area contributed by atoms with E-state index in [1.165, 1.54) is 44.9 Å². The van der Waals surface area contributed by atoms with Crippen LogP contribution in [0.1, 0.15) is 75.1 Å². The van der Waals surface area contributed by atoms with Gasteiger partial charge in [-0.1, -0.05) is 63.5 Å². The number of halogens is 1. The molecule has 0 N–H and O–H groups in total. The standard InChI is InChI=1S/C17H25ClO/c1-2-3-4-5-6-7-8-9-10-17(19)15-11-13-16(18)14-12-15/h11-14H,2-10H2,1H3. The maximum absolute atomic E-state index is 11.9. The molecule has 0 fully saturated rings. The number of carbonyl (C=O) groups excluding carboxylic acids is 1. The van der Waals surface area contributed by atoms with Crippen LogP contribution in [0.4, 0.5) is 0 Å². The van der Waals surface area contributed by atoms with Crippen molar-refractivity contribution in [2.24, 2.45) is 0 Å². The van der Waals surface area contributed by atoms with E-state index in [2.05, 4.69) is 6.92 Å². The topological polar surface area (TPSA) is 17.1 Å². The minimum atomic E-state index is 0.239. The highest BCUT2D eigenvalue weighted by atomic mass is 35.5. The fraction of sp³-hybridized carbons (Fsp3) is 0.588. The van der Waals surface area contributed by atoms with Gasteiger partial charge in [-0.25, -0.2) is 0 Å². The molecule has 0 saturated carbocycles. The van der Waals surface area contributed by atoms with Gasteiger partial charge < -0.3 is 0 Å². The number of unbranched alkanes of at least 4 members (excludes halogenated alkanes) is 7. The molecular weight excluding hydrogens is 256 g/mol. The first kappa shape index (κ1) is 16.2. The number of Topliss-reactive ketones (excluding diaryl/α,β-unsaturated/α-hetero) is 1. The minimum absolute atomic E-state index is 0.239. The van der Waals surface area contributed by atoms with Gasteiger partial charge in [0.1, 0.15) is 0 Å². The smallest absolute Gasteiger partial charge is 0.162 e. The Morgan fingerprint density at radius 3 is 2.00 bits per heavy atom. The first-order valence-electron chi connectivity index (χ1n) is 7.53. The van der Waals surface area contributed by atoms with Gasteiger partial charge in [-0.15, -0.1) is 0 Å². The van der Waals surface area contributed by atoms with Crippen molar-refractivity contribution in [1.29, 1.82) is 0 Å². The van der Waals surface area contributed by atoms with Gasteiger partial charge >= 0.3 is 0 Å². The number of ketones is 1. The Kier molecular flexibility index (Phi) is 8.57. The lowest BCUT2D eigenvalue weighted by Gasteiger charge is -2.02. The van der Waals surface area contributed by atoms with Crippen molar-refractivity contribution in [1.82, 2.24) is 0 Å². The Morgan fingerprint density at radius 1 is 0.895 bits per heavy atom. The van der Waals surface area contributed by atoms with Crippen LogP contribution in [0.2, 0.25) is 5.02 Å². The van der Waals surface area contributed by atoms with Gasteiger partial charge in [0.25, 0.3) is 0 Å². The average Bonchev–Trinajstić information content (AvgIpc) is 2.42. The van der Waals surface area contributed by atoms with E-state index in [9.17, 15) is 4.79 Å². The quantitative estimate of drug-likeness (QED) is 0.376. The van der Waals surface area contributed by atoms with Crippen LogP contribution in [-0.2, 0) is 0 Å². The molecule has 0 amide bonds. The molecule has 2 heteroatoms. The van der Waals surface area contributed by atoms with E-state index >= 15 is 0 Å². The number of carbonyl (C=O) groups is 1. The predicted molar refractivity (Wildman–Crippen MR) is 83.0 cm³/mol. The lowest BCUT2D eigenvalue weighted by molar-refractivity contribution is 0.0979. The molecule has 1 nitrogen and oxygen atoms in total. The third-order valence-corrected chi connectivity index (χ3v) is 3.68. The van der Waals surface area contributed by atoms with E-state index in [1.54, 1.807) is 12.1 Å². The highest BCUT2D eigenvalue weighted by Crippen LogP contribution is 2.14. The van der Waals surface area contributed by atoms with Crippen molar-refractivity contribution in [3.63, 3.8) is 0 Å². The third kappa shape index (κ3) is 7.37. The second-order valence-electron chi connectivity index (χ2n) is 5.15. The van der Waals surface area contributed by atoms with Crippen LogP contribution in [0.15, 0.2) is 24.3 Å². The van der Waals surface area contributed by atoms with Gasteiger partial charge in [0, 0.05) is 17.0 Å². The van der Waals surface area contributed by atoms with Gasteiger partial charge in [0.05, 0.1) is 0 Å². The molecule has 1 aromatic rings. The van der Waals surface area contributed by atoms with Crippen LogP contribution in [0.3, 0.4) is 0 Å².